The third-order valence-electron chi connectivity index (χ3n) is 5.87. The second kappa shape index (κ2) is 12.4. The number of nitrogens with zero attached hydrogens (tertiary/aromatic N) is 3. The maximum atomic E-state index is 14.8. The molecule has 0 spiro atoms. The molecule has 0 saturated heterocycles. The van der Waals surface area contributed by atoms with Crippen LogP contribution in [0, 0.1) is 11.6 Å². The standard InChI is InChI=1S/C27H24Cl2F2N4O3/c1-38-27(37)23-22(15-35(9-10-36)14-16-5-3-2-4-6-16)33-26(25-21(31)12-18(30)13-32-25)34-24(23)19-8-7-17(28)11-20(19)29/h2-8,11-13,24,36H,9-10,14-15H2,1H3,(H,33,34). The lowest BCUT2D eigenvalue weighted by molar-refractivity contribution is -0.136. The van der Waals surface area contributed by atoms with Crippen LogP contribution in [0.5, 0.6) is 0 Å². The molecule has 0 amide bonds. The molecule has 0 saturated carbocycles. The molecule has 1 unspecified atom stereocenters. The van der Waals surface area contributed by atoms with Crippen LogP contribution < -0.4 is 5.32 Å². The van der Waals surface area contributed by atoms with Gasteiger partial charge in [0.15, 0.2) is 11.7 Å². The quantitative estimate of drug-likeness (QED) is 0.369. The van der Waals surface area contributed by atoms with Crippen molar-refractivity contribution in [2.24, 2.45) is 4.99 Å². The zero-order valence-electron chi connectivity index (χ0n) is 20.3. The number of halogens is 4. The van der Waals surface area contributed by atoms with E-state index < -0.39 is 23.6 Å². The highest BCUT2D eigenvalue weighted by molar-refractivity contribution is 6.35. The van der Waals surface area contributed by atoms with Crippen molar-refractivity contribution in [3.63, 3.8) is 0 Å². The molecule has 0 bridgehead atoms. The summed E-state index contributed by atoms with van der Waals surface area (Å²) in [5.74, 6) is -2.48. The van der Waals surface area contributed by atoms with Crippen molar-refractivity contribution in [3.05, 3.63) is 111 Å². The molecule has 0 aliphatic carbocycles. The maximum Gasteiger partial charge on any atom is 0.338 e. The zero-order chi connectivity index (χ0) is 27.2. The molecule has 2 aromatic carbocycles. The average molecular weight is 561 g/mol. The van der Waals surface area contributed by atoms with Gasteiger partial charge in [-0.2, -0.15) is 0 Å². The van der Waals surface area contributed by atoms with Crippen LogP contribution in [-0.2, 0) is 16.1 Å². The fourth-order valence-electron chi connectivity index (χ4n) is 4.15. The lowest BCUT2D eigenvalue weighted by Gasteiger charge is -2.31. The van der Waals surface area contributed by atoms with E-state index in [4.69, 9.17) is 27.9 Å². The molecule has 1 aliphatic heterocycles. The minimum absolute atomic E-state index is 0.0233. The summed E-state index contributed by atoms with van der Waals surface area (Å²) in [5, 5.41) is 13.4. The number of esters is 1. The van der Waals surface area contributed by atoms with E-state index in [1.807, 2.05) is 35.2 Å². The molecule has 11 heteroatoms. The maximum absolute atomic E-state index is 14.8. The van der Waals surface area contributed by atoms with Gasteiger partial charge in [0.05, 0.1) is 25.5 Å². The monoisotopic (exact) mass is 560 g/mol. The number of hydrogen-bond donors (Lipinski definition) is 2. The number of hydrogen-bond acceptors (Lipinski definition) is 7. The van der Waals surface area contributed by atoms with Gasteiger partial charge < -0.3 is 15.2 Å². The molecule has 7 nitrogen and oxygen atoms in total. The number of aliphatic hydroxyl groups is 1. The van der Waals surface area contributed by atoms with Crippen molar-refractivity contribution in [2.45, 2.75) is 12.6 Å². The highest BCUT2D eigenvalue weighted by Gasteiger charge is 2.34. The van der Waals surface area contributed by atoms with Gasteiger partial charge in [-0.3, -0.25) is 9.89 Å². The van der Waals surface area contributed by atoms with E-state index in [-0.39, 0.29) is 41.8 Å². The molecular weight excluding hydrogens is 537 g/mol. The van der Waals surface area contributed by atoms with Crippen molar-refractivity contribution in [1.82, 2.24) is 15.2 Å². The summed E-state index contributed by atoms with van der Waals surface area (Å²) in [4.78, 5) is 23.5. The fourth-order valence-corrected chi connectivity index (χ4v) is 4.66. The topological polar surface area (TPSA) is 87.0 Å². The minimum atomic E-state index is -1.02. The predicted octanol–water partition coefficient (Wildman–Crippen LogP) is 4.68. The van der Waals surface area contributed by atoms with Crippen LogP contribution in [0.3, 0.4) is 0 Å². The molecule has 38 heavy (non-hydrogen) atoms. The van der Waals surface area contributed by atoms with Gasteiger partial charge in [0.2, 0.25) is 0 Å². The Morgan fingerprint density at radius 1 is 1.13 bits per heavy atom. The summed E-state index contributed by atoms with van der Waals surface area (Å²) < 4.78 is 33.5. The van der Waals surface area contributed by atoms with Crippen molar-refractivity contribution in [1.29, 1.82) is 0 Å². The Labute approximate surface area is 228 Å². The number of methoxy groups -OCH3 is 1. The van der Waals surface area contributed by atoms with Crippen LogP contribution in [-0.4, -0.2) is 53.6 Å². The predicted molar refractivity (Wildman–Crippen MR) is 141 cm³/mol. The first kappa shape index (κ1) is 27.7. The lowest BCUT2D eigenvalue weighted by atomic mass is 9.95. The largest absolute Gasteiger partial charge is 0.466 e. The Hall–Kier alpha value is -3.37. The van der Waals surface area contributed by atoms with Crippen molar-refractivity contribution < 1.29 is 23.4 Å². The van der Waals surface area contributed by atoms with Crippen LogP contribution in [0.25, 0.3) is 0 Å². The third-order valence-corrected chi connectivity index (χ3v) is 6.43. The minimum Gasteiger partial charge on any atom is -0.466 e. The molecule has 2 N–H and O–H groups in total. The molecular formula is C27H24Cl2F2N4O3. The fraction of sp³-hybridized carbons (Fsp3) is 0.222. The number of ether oxygens (including phenoxy) is 1. The number of amidine groups is 1. The first-order valence-electron chi connectivity index (χ1n) is 11.6. The molecule has 4 rings (SSSR count). The van der Waals surface area contributed by atoms with Gasteiger partial charge in [0.1, 0.15) is 17.6 Å². The lowest BCUT2D eigenvalue weighted by Crippen LogP contribution is -2.40. The van der Waals surface area contributed by atoms with Gasteiger partial charge >= 0.3 is 5.97 Å². The molecule has 0 radical (unpaired) electrons. The number of nitrogens with one attached hydrogen (secondary N) is 1. The molecule has 3 aromatic rings. The molecule has 198 valence electrons. The van der Waals surface area contributed by atoms with Crippen LogP contribution in [0.1, 0.15) is 22.9 Å². The molecule has 1 aliphatic rings. The number of aliphatic hydroxyl groups excluding tert-OH is 1. The summed E-state index contributed by atoms with van der Waals surface area (Å²) >= 11 is 12.6. The Kier molecular flexibility index (Phi) is 9.06. The van der Waals surface area contributed by atoms with Crippen molar-refractivity contribution in [2.75, 3.05) is 26.8 Å². The van der Waals surface area contributed by atoms with E-state index in [1.165, 1.54) is 13.2 Å². The van der Waals surface area contributed by atoms with Gasteiger partial charge in [0.25, 0.3) is 0 Å². The smallest absolute Gasteiger partial charge is 0.338 e. The van der Waals surface area contributed by atoms with E-state index in [0.29, 0.717) is 28.9 Å². The first-order chi connectivity index (χ1) is 18.3. The Morgan fingerprint density at radius 2 is 1.89 bits per heavy atom. The second-order valence-corrected chi connectivity index (χ2v) is 9.30. The molecule has 2 heterocycles. The number of aromatic nitrogens is 1. The summed E-state index contributed by atoms with van der Waals surface area (Å²) in [5.41, 5.74) is 1.65. The molecule has 0 fully saturated rings. The van der Waals surface area contributed by atoms with E-state index >= 15 is 0 Å². The number of rotatable bonds is 9. The molecule has 1 atom stereocenters. The number of benzene rings is 2. The number of carbonyl (C=O) groups is 1. The van der Waals surface area contributed by atoms with Gasteiger partial charge in [0, 0.05) is 47.0 Å². The Bertz CT molecular complexity index is 1390. The summed E-state index contributed by atoms with van der Waals surface area (Å²) in [6.07, 6.45) is 0.875. The molecule has 1 aromatic heterocycles. The van der Waals surface area contributed by atoms with Crippen molar-refractivity contribution in [3.8, 4) is 0 Å². The van der Waals surface area contributed by atoms with Crippen LogP contribution in [0.15, 0.2) is 77.1 Å². The van der Waals surface area contributed by atoms with E-state index in [0.717, 1.165) is 11.8 Å². The van der Waals surface area contributed by atoms with Gasteiger partial charge in [-0.1, -0.05) is 59.6 Å². The normalized spacial score (nSPS) is 15.3. The van der Waals surface area contributed by atoms with Crippen LogP contribution in [0.2, 0.25) is 10.0 Å². The number of aliphatic imine (C=N–C) groups is 1. The van der Waals surface area contributed by atoms with E-state index in [2.05, 4.69) is 15.3 Å². The zero-order valence-corrected chi connectivity index (χ0v) is 21.8. The highest BCUT2D eigenvalue weighted by atomic mass is 35.5. The first-order valence-corrected chi connectivity index (χ1v) is 12.4. The second-order valence-electron chi connectivity index (χ2n) is 8.46. The highest BCUT2D eigenvalue weighted by Crippen LogP contribution is 2.37. The number of carbonyl (C=O) groups excluding carboxylic acids is 1. The van der Waals surface area contributed by atoms with E-state index in [1.54, 1.807) is 12.1 Å². The summed E-state index contributed by atoms with van der Waals surface area (Å²) in [6, 6.07) is 14.0. The van der Waals surface area contributed by atoms with E-state index in [9.17, 15) is 18.7 Å². The number of pyridine rings is 1. The van der Waals surface area contributed by atoms with Gasteiger partial charge in [-0.05, 0) is 17.7 Å². The van der Waals surface area contributed by atoms with Gasteiger partial charge in [-0.15, -0.1) is 0 Å². The SMILES string of the molecule is COC(=O)C1=C(CN(CCO)Cc2ccccc2)NC(c2ncc(F)cc2F)=NC1c1ccc(Cl)cc1Cl. The Balaban J connectivity index is 1.84. The summed E-state index contributed by atoms with van der Waals surface area (Å²) in [6.45, 7) is 0.707. The van der Waals surface area contributed by atoms with Crippen LogP contribution >= 0.6 is 23.2 Å². The third kappa shape index (κ3) is 6.36. The average Bonchev–Trinajstić information content (AvgIpc) is 2.88. The van der Waals surface area contributed by atoms with Crippen LogP contribution in [0.4, 0.5) is 8.78 Å². The van der Waals surface area contributed by atoms with Gasteiger partial charge in [-0.25, -0.2) is 18.6 Å². The Morgan fingerprint density at radius 3 is 2.55 bits per heavy atom. The summed E-state index contributed by atoms with van der Waals surface area (Å²) in [7, 11) is 1.24. The van der Waals surface area contributed by atoms with Crippen molar-refractivity contribution >= 4 is 35.0 Å².